The Kier molecular flexibility index (Phi) is 2.17. The molecular weight excluding hydrogens is 158 g/mol. The summed E-state index contributed by atoms with van der Waals surface area (Å²) in [5.41, 5.74) is 1.57. The first kappa shape index (κ1) is 8.49. The molecule has 0 spiro atoms. The van der Waals surface area contributed by atoms with Crippen molar-refractivity contribution >= 4 is 6.21 Å². The van der Waals surface area contributed by atoms with E-state index in [0.29, 0.717) is 0 Å². The van der Waals surface area contributed by atoms with E-state index in [-0.39, 0.29) is 5.41 Å². The average molecular weight is 173 g/mol. The van der Waals surface area contributed by atoms with Crippen LogP contribution in [0.5, 0.6) is 0 Å². The summed E-state index contributed by atoms with van der Waals surface area (Å²) >= 11 is 0. The fourth-order valence-electron chi connectivity index (χ4n) is 1.91. The van der Waals surface area contributed by atoms with Crippen LogP contribution in [0.15, 0.2) is 35.3 Å². The molecule has 0 amide bonds. The zero-order valence-electron chi connectivity index (χ0n) is 8.03. The second-order valence-corrected chi connectivity index (χ2v) is 3.92. The van der Waals surface area contributed by atoms with Crippen LogP contribution in [0.2, 0.25) is 0 Å². The van der Waals surface area contributed by atoms with Crippen LogP contribution in [0.4, 0.5) is 0 Å². The van der Waals surface area contributed by atoms with Gasteiger partial charge in [-0.3, -0.25) is 4.99 Å². The minimum Gasteiger partial charge on any atom is -0.297 e. The van der Waals surface area contributed by atoms with Gasteiger partial charge in [0.15, 0.2) is 0 Å². The van der Waals surface area contributed by atoms with Gasteiger partial charge in [0.25, 0.3) is 0 Å². The van der Waals surface area contributed by atoms with Crippen molar-refractivity contribution in [3.05, 3.63) is 35.9 Å². The molecule has 0 aliphatic carbocycles. The Hall–Kier alpha value is -1.11. The molecule has 0 radical (unpaired) electrons. The van der Waals surface area contributed by atoms with E-state index >= 15 is 0 Å². The Balaban J connectivity index is 2.34. The molecule has 2 rings (SSSR count). The number of hydrogen-bond acceptors (Lipinski definition) is 1. The third-order valence-electron chi connectivity index (χ3n) is 2.79. The molecule has 0 bridgehead atoms. The first-order valence-electron chi connectivity index (χ1n) is 4.88. The molecule has 1 atom stereocenters. The highest BCUT2D eigenvalue weighted by molar-refractivity contribution is 5.73. The van der Waals surface area contributed by atoms with Gasteiger partial charge in [-0.15, -0.1) is 0 Å². The van der Waals surface area contributed by atoms with Gasteiger partial charge in [0.05, 0.1) is 0 Å². The molecule has 0 saturated carbocycles. The number of rotatable bonds is 1. The summed E-state index contributed by atoms with van der Waals surface area (Å²) in [5.74, 6) is 0. The number of aliphatic imine (C=N–C) groups is 1. The molecule has 13 heavy (non-hydrogen) atoms. The van der Waals surface area contributed by atoms with Gasteiger partial charge in [0.1, 0.15) is 0 Å². The summed E-state index contributed by atoms with van der Waals surface area (Å²) in [6, 6.07) is 10.6. The lowest BCUT2D eigenvalue weighted by Crippen LogP contribution is -2.26. The summed E-state index contributed by atoms with van der Waals surface area (Å²) in [6.45, 7) is 3.27. The maximum Gasteiger partial charge on any atom is 0.0386 e. The van der Waals surface area contributed by atoms with E-state index in [1.54, 1.807) is 0 Å². The average Bonchev–Trinajstić information content (AvgIpc) is 2.20. The predicted molar refractivity (Wildman–Crippen MR) is 56.4 cm³/mol. The molecule has 1 aliphatic heterocycles. The molecule has 1 aromatic carbocycles. The standard InChI is InChI=1S/C12H15N/c1-12(8-5-9-13-10-12)11-6-3-2-4-7-11/h2-4,6-7,10H,5,8-9H2,1H3/t12-/m1/s1. The van der Waals surface area contributed by atoms with Crippen LogP contribution in [0.3, 0.4) is 0 Å². The van der Waals surface area contributed by atoms with Gasteiger partial charge >= 0.3 is 0 Å². The topological polar surface area (TPSA) is 12.4 Å². The summed E-state index contributed by atoms with van der Waals surface area (Å²) < 4.78 is 0. The smallest absolute Gasteiger partial charge is 0.0386 e. The molecule has 0 saturated heterocycles. The summed E-state index contributed by atoms with van der Waals surface area (Å²) in [4.78, 5) is 4.38. The van der Waals surface area contributed by atoms with Crippen molar-refractivity contribution in [3.8, 4) is 0 Å². The minimum atomic E-state index is 0.180. The zero-order chi connectivity index (χ0) is 9.15. The van der Waals surface area contributed by atoms with Gasteiger partial charge in [-0.05, 0) is 18.4 Å². The minimum absolute atomic E-state index is 0.180. The maximum absolute atomic E-state index is 4.38. The monoisotopic (exact) mass is 173 g/mol. The molecule has 1 heteroatoms. The Morgan fingerprint density at radius 2 is 2.00 bits per heavy atom. The quantitative estimate of drug-likeness (QED) is 0.619. The van der Waals surface area contributed by atoms with Gasteiger partial charge < -0.3 is 0 Å². The molecule has 1 aliphatic rings. The van der Waals surface area contributed by atoms with Crippen molar-refractivity contribution in [2.24, 2.45) is 4.99 Å². The fourth-order valence-corrected chi connectivity index (χ4v) is 1.91. The lowest BCUT2D eigenvalue weighted by molar-refractivity contribution is 0.538. The highest BCUT2D eigenvalue weighted by atomic mass is 14.7. The molecule has 0 unspecified atom stereocenters. The van der Waals surface area contributed by atoms with E-state index in [2.05, 4.69) is 48.5 Å². The third kappa shape index (κ3) is 1.64. The van der Waals surface area contributed by atoms with Crippen molar-refractivity contribution in [3.63, 3.8) is 0 Å². The Bertz CT molecular complexity index is 302. The van der Waals surface area contributed by atoms with Gasteiger partial charge in [0.2, 0.25) is 0 Å². The van der Waals surface area contributed by atoms with Crippen LogP contribution in [-0.4, -0.2) is 12.8 Å². The molecular formula is C12H15N. The van der Waals surface area contributed by atoms with Crippen LogP contribution in [0.25, 0.3) is 0 Å². The summed E-state index contributed by atoms with van der Waals surface area (Å²) in [5, 5.41) is 0. The van der Waals surface area contributed by atoms with Gasteiger partial charge in [-0.1, -0.05) is 37.3 Å². The fraction of sp³-hybridized carbons (Fsp3) is 0.417. The van der Waals surface area contributed by atoms with Crippen LogP contribution in [0.1, 0.15) is 25.3 Å². The van der Waals surface area contributed by atoms with E-state index in [0.717, 1.165) is 6.54 Å². The number of benzene rings is 1. The maximum atomic E-state index is 4.38. The van der Waals surface area contributed by atoms with E-state index in [1.807, 2.05) is 0 Å². The van der Waals surface area contributed by atoms with Crippen LogP contribution in [0, 0.1) is 0 Å². The normalized spacial score (nSPS) is 27.5. The highest BCUT2D eigenvalue weighted by Gasteiger charge is 2.25. The Morgan fingerprint density at radius 3 is 2.62 bits per heavy atom. The molecule has 0 aromatic heterocycles. The SMILES string of the molecule is C[C@]1(c2ccccc2)C=NCCC1. The largest absolute Gasteiger partial charge is 0.297 e. The summed E-state index contributed by atoms with van der Waals surface area (Å²) in [7, 11) is 0. The zero-order valence-corrected chi connectivity index (χ0v) is 8.03. The van der Waals surface area contributed by atoms with Crippen LogP contribution in [-0.2, 0) is 5.41 Å². The predicted octanol–water partition coefficient (Wildman–Crippen LogP) is 2.81. The molecule has 1 nitrogen and oxygen atoms in total. The van der Waals surface area contributed by atoms with E-state index in [1.165, 1.54) is 18.4 Å². The van der Waals surface area contributed by atoms with Crippen molar-refractivity contribution in [2.75, 3.05) is 6.54 Å². The summed E-state index contributed by atoms with van der Waals surface area (Å²) in [6.07, 6.45) is 4.55. The van der Waals surface area contributed by atoms with Crippen molar-refractivity contribution in [1.29, 1.82) is 0 Å². The second kappa shape index (κ2) is 3.33. The first-order valence-corrected chi connectivity index (χ1v) is 4.88. The third-order valence-corrected chi connectivity index (χ3v) is 2.79. The van der Waals surface area contributed by atoms with Gasteiger partial charge in [0, 0.05) is 18.2 Å². The van der Waals surface area contributed by atoms with E-state index in [4.69, 9.17) is 0 Å². The lowest BCUT2D eigenvalue weighted by atomic mass is 9.78. The van der Waals surface area contributed by atoms with Crippen molar-refractivity contribution in [2.45, 2.75) is 25.2 Å². The Morgan fingerprint density at radius 1 is 1.23 bits per heavy atom. The molecule has 0 N–H and O–H groups in total. The Labute approximate surface area is 79.5 Å². The molecule has 0 fully saturated rings. The number of nitrogens with zero attached hydrogens (tertiary/aromatic N) is 1. The van der Waals surface area contributed by atoms with Crippen LogP contribution >= 0.6 is 0 Å². The van der Waals surface area contributed by atoms with Crippen molar-refractivity contribution < 1.29 is 0 Å². The molecule has 68 valence electrons. The van der Waals surface area contributed by atoms with Gasteiger partial charge in [-0.25, -0.2) is 0 Å². The van der Waals surface area contributed by atoms with E-state index < -0.39 is 0 Å². The van der Waals surface area contributed by atoms with Gasteiger partial charge in [-0.2, -0.15) is 0 Å². The first-order chi connectivity index (χ1) is 6.31. The van der Waals surface area contributed by atoms with Crippen LogP contribution < -0.4 is 0 Å². The second-order valence-electron chi connectivity index (χ2n) is 3.92. The highest BCUT2D eigenvalue weighted by Crippen LogP contribution is 2.29. The van der Waals surface area contributed by atoms with E-state index in [9.17, 15) is 0 Å². The molecule has 1 heterocycles. The molecule has 1 aromatic rings. The van der Waals surface area contributed by atoms with Crippen molar-refractivity contribution in [1.82, 2.24) is 0 Å². The lowest BCUT2D eigenvalue weighted by Gasteiger charge is -2.28. The number of hydrogen-bond donors (Lipinski definition) is 0.